The molecule has 5 rings (SSSR count). The zero-order chi connectivity index (χ0) is 25.0. The molecule has 0 saturated carbocycles. The number of benzene rings is 2. The van der Waals surface area contributed by atoms with Gasteiger partial charge in [0.05, 0.1) is 17.2 Å². The lowest BCUT2D eigenvalue weighted by atomic mass is 9.96. The zero-order valence-corrected chi connectivity index (χ0v) is 21.1. The van der Waals surface area contributed by atoms with Gasteiger partial charge in [0.25, 0.3) is 0 Å². The van der Waals surface area contributed by atoms with Crippen molar-refractivity contribution in [2.75, 3.05) is 13.1 Å². The van der Waals surface area contributed by atoms with Crippen LogP contribution in [0.4, 0.5) is 9.18 Å². The summed E-state index contributed by atoms with van der Waals surface area (Å²) in [4.78, 5) is 14.1. The molecule has 0 aliphatic carbocycles. The van der Waals surface area contributed by atoms with Crippen LogP contribution in [0.1, 0.15) is 60.1 Å². The fraction of sp³-hybridized carbons (Fsp3) is 0.407. The summed E-state index contributed by atoms with van der Waals surface area (Å²) in [5.74, 6) is -0.0971. The summed E-state index contributed by atoms with van der Waals surface area (Å²) in [7, 11) is 0. The van der Waals surface area contributed by atoms with Crippen molar-refractivity contribution in [2.24, 2.45) is 0 Å². The molecule has 6 nitrogen and oxygen atoms in total. The van der Waals surface area contributed by atoms with E-state index in [-0.39, 0.29) is 17.8 Å². The summed E-state index contributed by atoms with van der Waals surface area (Å²) < 4.78 is 21.2. The minimum Gasteiger partial charge on any atom is -0.444 e. The molecule has 0 radical (unpaired) electrons. The highest BCUT2D eigenvalue weighted by Crippen LogP contribution is 2.36. The average molecular weight is 467 g/mol. The predicted molar refractivity (Wildman–Crippen MR) is 136 cm³/mol. The summed E-state index contributed by atoms with van der Waals surface area (Å²) in [6.07, 6.45) is 1.51. The highest BCUT2D eigenvalue weighted by atomic mass is 19.1. The first kappa shape index (κ1) is 25.3. The van der Waals surface area contributed by atoms with Crippen LogP contribution < -0.4 is 0 Å². The van der Waals surface area contributed by atoms with Gasteiger partial charge in [0.2, 0.25) is 0 Å². The first-order chi connectivity index (χ1) is 16.3. The normalized spacial score (nSPS) is 13.6. The monoisotopic (exact) mass is 466 g/mol. The van der Waals surface area contributed by atoms with Crippen molar-refractivity contribution >= 4 is 27.9 Å². The molecular weight excluding hydrogens is 431 g/mol. The van der Waals surface area contributed by atoms with Crippen molar-refractivity contribution in [2.45, 2.75) is 60.0 Å². The number of aromatic nitrogens is 3. The average Bonchev–Trinajstić information content (AvgIpc) is 3.37. The van der Waals surface area contributed by atoms with E-state index in [1.807, 2.05) is 48.5 Å². The van der Waals surface area contributed by atoms with Gasteiger partial charge in [0.15, 0.2) is 0 Å². The first-order valence-corrected chi connectivity index (χ1v) is 12.0. The first-order valence-electron chi connectivity index (χ1n) is 12.0. The molecule has 1 amide bonds. The summed E-state index contributed by atoms with van der Waals surface area (Å²) in [6, 6.07) is 12.8. The number of halogens is 1. The molecule has 2 aromatic heterocycles. The molecule has 1 saturated heterocycles. The molecule has 7 heteroatoms. The molecule has 1 aliphatic rings. The molecule has 2 aromatic carbocycles. The van der Waals surface area contributed by atoms with Crippen molar-refractivity contribution in [3.63, 3.8) is 0 Å². The van der Waals surface area contributed by atoms with Gasteiger partial charge in [-0.3, -0.25) is 5.10 Å². The number of likely N-dealkylation sites (tertiary alicyclic amines) is 1. The Balaban J connectivity index is 0.000000771. The number of nitrogens with zero attached hydrogens (tertiary/aromatic N) is 3. The van der Waals surface area contributed by atoms with Gasteiger partial charge in [-0.05, 0) is 63.2 Å². The smallest absolute Gasteiger partial charge is 0.410 e. The number of fused-ring (bicyclic) bond motifs is 2. The van der Waals surface area contributed by atoms with Crippen LogP contribution in [-0.4, -0.2) is 44.4 Å². The maximum absolute atomic E-state index is 13.5. The Morgan fingerprint density at radius 2 is 1.68 bits per heavy atom. The van der Waals surface area contributed by atoms with Gasteiger partial charge in [-0.15, -0.1) is 0 Å². The summed E-state index contributed by atoms with van der Waals surface area (Å²) in [6.45, 7) is 14.8. The number of nitrogens with one attached hydrogen (secondary N) is 1. The number of hydrogen-bond acceptors (Lipinski definition) is 3. The fourth-order valence-electron chi connectivity index (χ4n) is 3.99. The highest BCUT2D eigenvalue weighted by Gasteiger charge is 2.36. The Labute approximate surface area is 200 Å². The summed E-state index contributed by atoms with van der Waals surface area (Å²) in [5, 5.41) is 9.21. The third kappa shape index (κ3) is 5.08. The van der Waals surface area contributed by atoms with Crippen LogP contribution in [0, 0.1) is 5.82 Å². The lowest BCUT2D eigenvalue weighted by Crippen LogP contribution is -2.50. The SMILES string of the molecule is CC.CC.CC(C)(C)OC(=O)N1CC(c2cc3cc4[nH]ncc4cc3n2-c2ccc(F)cc2)C1. The lowest BCUT2D eigenvalue weighted by molar-refractivity contribution is 0.00778. The third-order valence-corrected chi connectivity index (χ3v) is 5.43. The molecule has 4 aromatic rings. The number of carbonyl (C=O) groups is 1. The fourth-order valence-corrected chi connectivity index (χ4v) is 3.99. The highest BCUT2D eigenvalue weighted by molar-refractivity contribution is 5.96. The van der Waals surface area contributed by atoms with Crippen LogP contribution in [0.25, 0.3) is 27.5 Å². The number of ether oxygens (including phenoxy) is 1. The molecule has 0 bridgehead atoms. The van der Waals surface area contributed by atoms with Crippen LogP contribution in [0.5, 0.6) is 0 Å². The molecule has 34 heavy (non-hydrogen) atoms. The van der Waals surface area contributed by atoms with Crippen LogP contribution in [-0.2, 0) is 4.74 Å². The standard InChI is InChI=1S/C23H23FN4O2.2C2H6/c1-23(2,3)30-22(29)27-12-16(13-27)21-9-14-8-19-15(11-25-26-19)10-20(14)28(21)18-6-4-17(24)5-7-18;2*1-2/h4-11,16H,12-13H2,1-3H3,(H,25,26);2*1-2H3. The second-order valence-electron chi connectivity index (χ2n) is 8.83. The number of amides is 1. The second-order valence-corrected chi connectivity index (χ2v) is 8.83. The van der Waals surface area contributed by atoms with Crippen molar-refractivity contribution in [1.82, 2.24) is 19.7 Å². The maximum Gasteiger partial charge on any atom is 0.410 e. The number of H-pyrrole nitrogens is 1. The quantitative estimate of drug-likeness (QED) is 0.345. The maximum atomic E-state index is 13.5. The van der Waals surface area contributed by atoms with Crippen LogP contribution in [0.3, 0.4) is 0 Å². The molecule has 0 unspecified atom stereocenters. The largest absolute Gasteiger partial charge is 0.444 e. The molecular formula is C27H35FN4O2. The Morgan fingerprint density at radius 3 is 2.29 bits per heavy atom. The van der Waals surface area contributed by atoms with Crippen LogP contribution >= 0.6 is 0 Å². The van der Waals surface area contributed by atoms with Gasteiger partial charge in [0.1, 0.15) is 11.4 Å². The van der Waals surface area contributed by atoms with Crippen LogP contribution in [0.2, 0.25) is 0 Å². The summed E-state index contributed by atoms with van der Waals surface area (Å²) >= 11 is 0. The number of carbonyl (C=O) groups excluding carboxylic acids is 1. The topological polar surface area (TPSA) is 63.1 Å². The van der Waals surface area contributed by atoms with Crippen molar-refractivity contribution in [3.05, 3.63) is 60.2 Å². The minimum atomic E-state index is -0.514. The van der Waals surface area contributed by atoms with E-state index in [1.165, 1.54) is 12.1 Å². The van der Waals surface area contributed by atoms with Gasteiger partial charge in [-0.2, -0.15) is 5.10 Å². The van der Waals surface area contributed by atoms with E-state index in [4.69, 9.17) is 4.74 Å². The Bertz CT molecular complexity index is 1250. The Hall–Kier alpha value is -3.35. The van der Waals surface area contributed by atoms with E-state index in [1.54, 1.807) is 23.2 Å². The van der Waals surface area contributed by atoms with Crippen molar-refractivity contribution in [1.29, 1.82) is 0 Å². The van der Waals surface area contributed by atoms with Gasteiger partial charge in [0, 0.05) is 41.2 Å². The Kier molecular flexibility index (Phi) is 7.64. The molecule has 0 atom stereocenters. The number of rotatable bonds is 2. The van der Waals surface area contributed by atoms with Crippen molar-refractivity contribution < 1.29 is 13.9 Å². The van der Waals surface area contributed by atoms with Crippen molar-refractivity contribution in [3.8, 4) is 5.69 Å². The van der Waals surface area contributed by atoms with Gasteiger partial charge in [-0.25, -0.2) is 9.18 Å². The summed E-state index contributed by atoms with van der Waals surface area (Å²) in [5.41, 5.74) is 3.47. The van der Waals surface area contributed by atoms with E-state index in [2.05, 4.69) is 33.0 Å². The van der Waals surface area contributed by atoms with E-state index < -0.39 is 5.60 Å². The van der Waals surface area contributed by atoms with E-state index >= 15 is 0 Å². The van der Waals surface area contributed by atoms with Gasteiger partial charge >= 0.3 is 6.09 Å². The molecule has 1 fully saturated rings. The van der Waals surface area contributed by atoms with Gasteiger partial charge < -0.3 is 14.2 Å². The van der Waals surface area contributed by atoms with E-state index in [0.717, 1.165) is 33.2 Å². The third-order valence-electron chi connectivity index (χ3n) is 5.43. The molecule has 1 N–H and O–H groups in total. The Morgan fingerprint density at radius 1 is 1.03 bits per heavy atom. The lowest BCUT2D eigenvalue weighted by Gasteiger charge is -2.40. The zero-order valence-electron chi connectivity index (χ0n) is 21.1. The molecule has 1 aliphatic heterocycles. The predicted octanol–water partition coefficient (Wildman–Crippen LogP) is 7.03. The number of hydrogen-bond donors (Lipinski definition) is 1. The van der Waals surface area contributed by atoms with Gasteiger partial charge in [-0.1, -0.05) is 27.7 Å². The van der Waals surface area contributed by atoms with E-state index in [9.17, 15) is 9.18 Å². The number of aromatic amines is 1. The molecule has 3 heterocycles. The van der Waals surface area contributed by atoms with E-state index in [0.29, 0.717) is 13.1 Å². The second kappa shape index (κ2) is 10.3. The molecule has 0 spiro atoms. The minimum absolute atomic E-state index is 0.173. The molecule has 182 valence electrons. The van der Waals surface area contributed by atoms with Crippen LogP contribution in [0.15, 0.2) is 48.7 Å².